The number of primary amides is 2. The van der Waals surface area contributed by atoms with Crippen molar-refractivity contribution < 1.29 is 16.4 Å². The molecule has 0 aromatic carbocycles. The molecule has 47 heavy (non-hydrogen) atoms. The van der Waals surface area contributed by atoms with Crippen LogP contribution in [0.3, 0.4) is 0 Å². The molecule has 2 aliphatic rings. The zero-order valence-corrected chi connectivity index (χ0v) is 29.0. The van der Waals surface area contributed by atoms with Gasteiger partial charge in [-0.2, -0.15) is 9.97 Å². The number of aromatic nitrogens is 4. The van der Waals surface area contributed by atoms with Crippen LogP contribution in [-0.4, -0.2) is 54.9 Å². The molecule has 8 N–H and O–H groups in total. The smallest absolute Gasteiger partial charge is 0.254 e. The first kappa shape index (κ1) is 31.9. The predicted molar refractivity (Wildman–Crippen MR) is 194 cm³/mol. The molecule has 12 heteroatoms. The van der Waals surface area contributed by atoms with Crippen molar-refractivity contribution in [3.8, 4) is 0 Å². The highest BCUT2D eigenvalue weighted by Crippen LogP contribution is 2.33. The Kier molecular flexibility index (Phi) is 11.1. The number of carbonyl (C=O) groups is 2. The molecule has 2 amide bonds. The fourth-order valence-electron chi connectivity index (χ4n) is 5.49. The van der Waals surface area contributed by atoms with Crippen LogP contribution in [-0.2, 0) is 0 Å². The molecule has 6 atom stereocenters. The van der Waals surface area contributed by atoms with Crippen LogP contribution in [0.25, 0.3) is 0 Å². The lowest BCUT2D eigenvalue weighted by molar-refractivity contribution is 0.0991. The van der Waals surface area contributed by atoms with Gasteiger partial charge < -0.3 is 32.7 Å². The quantitative estimate of drug-likeness (QED) is 0.178. The van der Waals surface area contributed by atoms with Gasteiger partial charge in [-0.3, -0.25) is 9.59 Å². The third-order valence-electron chi connectivity index (χ3n) is 8.42. The van der Waals surface area contributed by atoms with Gasteiger partial charge >= 0.3 is 0 Å². The highest BCUT2D eigenvalue weighted by atomic mass is 16.1. The summed E-state index contributed by atoms with van der Waals surface area (Å²) in [5.41, 5.74) is 9.86. The van der Waals surface area contributed by atoms with E-state index in [9.17, 15) is 9.59 Å². The van der Waals surface area contributed by atoms with E-state index in [1.54, 1.807) is 0 Å². The van der Waals surface area contributed by atoms with E-state index < -0.39 is 36.0 Å². The zero-order valence-electron chi connectivity index (χ0n) is 34.0. The van der Waals surface area contributed by atoms with Crippen LogP contribution in [0.4, 0.5) is 23.5 Å². The molecule has 0 saturated heterocycles. The summed E-state index contributed by atoms with van der Waals surface area (Å²) in [7, 11) is 0. The Morgan fingerprint density at radius 2 is 1.13 bits per heavy atom. The van der Waals surface area contributed by atoms with Crippen molar-refractivity contribution >= 4 is 35.3 Å². The fourth-order valence-corrected chi connectivity index (χ4v) is 5.49. The van der Waals surface area contributed by atoms with E-state index in [0.717, 1.165) is 25.7 Å². The van der Waals surface area contributed by atoms with Crippen molar-refractivity contribution in [1.29, 1.82) is 0 Å². The molecule has 0 unspecified atom stereocenters. The standard InChI is InChI=1S/2C17H29N5O.CH4/c2*1-10-6-7-12(8-11(10)2)20-15-13(14(18)23)9-19-16(21-15)22-17(3,4)5;/h2*9-12H,6-8H2,1-5H3,(H2,18,23)(H2,19,20,21,22);1H4/t2*10-,11-,12-;/m11./s1/i3D3,11D;11D;. The first-order chi connectivity index (χ1) is 23.2. The first-order valence-electron chi connectivity index (χ1n) is 18.6. The Bertz CT molecular complexity index is 1540. The molecule has 2 heterocycles. The predicted octanol–water partition coefficient (Wildman–Crippen LogP) is 6.68. The van der Waals surface area contributed by atoms with Gasteiger partial charge in [0.15, 0.2) is 0 Å². The molecule has 2 aromatic heterocycles. The number of nitrogens with two attached hydrogens (primary N) is 2. The van der Waals surface area contributed by atoms with Gasteiger partial charge in [0.2, 0.25) is 11.9 Å². The molecule has 0 spiro atoms. The number of nitrogens with one attached hydrogen (secondary N) is 4. The number of anilines is 4. The van der Waals surface area contributed by atoms with Gasteiger partial charge in [-0.1, -0.05) is 35.1 Å². The summed E-state index contributed by atoms with van der Waals surface area (Å²) in [5, 5.41) is 12.5. The molecule has 2 saturated carbocycles. The van der Waals surface area contributed by atoms with Crippen LogP contribution in [0.2, 0.25) is 0 Å². The Balaban J connectivity index is 0.000000356. The van der Waals surface area contributed by atoms with Crippen molar-refractivity contribution in [2.45, 2.75) is 138 Å². The molecule has 2 aliphatic carbocycles. The average Bonchev–Trinajstić information content (AvgIpc) is 2.95. The summed E-state index contributed by atoms with van der Waals surface area (Å²) in [6.45, 7) is 14.9. The van der Waals surface area contributed by atoms with Gasteiger partial charge in [0.1, 0.15) is 11.6 Å². The highest BCUT2D eigenvalue weighted by molar-refractivity contribution is 5.98. The molecule has 12 nitrogen and oxygen atoms in total. The fraction of sp³-hybridized carbons (Fsp3) is 0.714. The number of rotatable bonds is 8. The number of amides is 2. The van der Waals surface area contributed by atoms with Gasteiger partial charge in [0.25, 0.3) is 11.8 Å². The molecular formula is C35H62N10O2. The molecular weight excluding hydrogens is 592 g/mol. The van der Waals surface area contributed by atoms with Crippen LogP contribution in [0.15, 0.2) is 12.4 Å². The normalized spacial score (nSPS) is 29.4. The molecule has 0 bridgehead atoms. The maximum Gasteiger partial charge on any atom is 0.254 e. The van der Waals surface area contributed by atoms with Crippen LogP contribution >= 0.6 is 0 Å². The van der Waals surface area contributed by atoms with Gasteiger partial charge in [-0.15, -0.1) is 0 Å². The first-order valence-corrected chi connectivity index (χ1v) is 16.1. The van der Waals surface area contributed by atoms with E-state index in [2.05, 4.69) is 55.1 Å². The van der Waals surface area contributed by atoms with Crippen LogP contribution < -0.4 is 32.7 Å². The maximum absolute atomic E-state index is 11.8. The Labute approximate surface area is 289 Å². The minimum atomic E-state index is -2.27. The lowest BCUT2D eigenvalue weighted by Gasteiger charge is -2.33. The molecule has 2 fully saturated rings. The van der Waals surface area contributed by atoms with Gasteiger partial charge in [0, 0.05) is 42.4 Å². The van der Waals surface area contributed by atoms with Crippen molar-refractivity contribution in [2.24, 2.45) is 35.1 Å². The van der Waals surface area contributed by atoms with E-state index in [0.29, 0.717) is 30.5 Å². The number of nitrogens with zero attached hydrogens (tertiary/aromatic N) is 4. The Morgan fingerprint density at radius 3 is 1.45 bits per heavy atom. The molecule has 264 valence electrons. The highest BCUT2D eigenvalue weighted by Gasteiger charge is 2.27. The minimum absolute atomic E-state index is 0. The second-order valence-electron chi connectivity index (χ2n) is 14.5. The zero-order chi connectivity index (χ0) is 38.7. The van der Waals surface area contributed by atoms with Crippen LogP contribution in [0.1, 0.15) is 143 Å². The van der Waals surface area contributed by atoms with Crippen molar-refractivity contribution in [3.05, 3.63) is 23.5 Å². The monoisotopic (exact) mass is 660 g/mol. The van der Waals surface area contributed by atoms with E-state index in [4.69, 9.17) is 18.3 Å². The number of hydrogen-bond acceptors (Lipinski definition) is 10. The second kappa shape index (κ2) is 16.4. The van der Waals surface area contributed by atoms with Crippen molar-refractivity contribution in [1.82, 2.24) is 19.9 Å². The van der Waals surface area contributed by atoms with Crippen LogP contribution in [0.5, 0.6) is 0 Å². The summed E-state index contributed by atoms with van der Waals surface area (Å²) in [6.07, 6.45) is 7.73. The molecule has 0 aliphatic heterocycles. The van der Waals surface area contributed by atoms with E-state index in [1.165, 1.54) is 26.2 Å². The summed E-state index contributed by atoms with van der Waals surface area (Å²) in [6, 6.07) is 0.0689. The topological polar surface area (TPSA) is 186 Å². The lowest BCUT2D eigenvalue weighted by atomic mass is 9.79. The molecule has 4 rings (SSSR count). The maximum atomic E-state index is 11.8. The summed E-state index contributed by atoms with van der Waals surface area (Å²) >= 11 is 0. The Hall–Kier alpha value is -3.70. The van der Waals surface area contributed by atoms with Gasteiger partial charge in [-0.25, -0.2) is 9.97 Å². The van der Waals surface area contributed by atoms with Crippen molar-refractivity contribution in [2.75, 3.05) is 21.3 Å². The SMILES string of the molecule is C.[2H]C([2H])([2H])C(C)(C)Nc1ncc(C(N)=O)c(N[C@@H]2CC[C@@H](C)[C@]([2H])(C)C2)n1.[2H][C@@]1(C)C[C@H](Nc2nc(NC(C)(C)C)ncc2C(N)=O)CC[C@H]1C. The van der Waals surface area contributed by atoms with E-state index in [-0.39, 0.29) is 53.9 Å². The summed E-state index contributed by atoms with van der Waals surface area (Å²) < 4.78 is 39.8. The summed E-state index contributed by atoms with van der Waals surface area (Å²) in [5.74, 6) is -0.383. The largest absolute Gasteiger partial charge is 0.366 e. The second-order valence-corrected chi connectivity index (χ2v) is 14.5. The van der Waals surface area contributed by atoms with Gasteiger partial charge in [0.05, 0.1) is 11.1 Å². The average molecular weight is 660 g/mol. The molecule has 2 aromatic rings. The van der Waals surface area contributed by atoms with Crippen LogP contribution in [0, 0.1) is 23.6 Å². The Morgan fingerprint density at radius 1 is 0.745 bits per heavy atom. The molecule has 0 radical (unpaired) electrons. The third kappa shape index (κ3) is 12.4. The third-order valence-corrected chi connectivity index (χ3v) is 8.42. The van der Waals surface area contributed by atoms with E-state index in [1.807, 2.05) is 34.6 Å². The van der Waals surface area contributed by atoms with Gasteiger partial charge in [-0.05, 0) is 104 Å². The number of hydrogen-bond donors (Lipinski definition) is 6. The summed E-state index contributed by atoms with van der Waals surface area (Å²) in [4.78, 5) is 40.4. The number of carbonyl (C=O) groups excluding carboxylic acids is 2. The lowest BCUT2D eigenvalue weighted by Crippen LogP contribution is -2.32. The minimum Gasteiger partial charge on any atom is -0.366 e. The van der Waals surface area contributed by atoms with Crippen molar-refractivity contribution in [3.63, 3.8) is 0 Å². The van der Waals surface area contributed by atoms with E-state index >= 15 is 0 Å².